The topological polar surface area (TPSA) is 100 Å². The van der Waals surface area contributed by atoms with Gasteiger partial charge < -0.3 is 42.6 Å². The molecule has 0 aromatic carbocycles. The molecule has 0 aliphatic heterocycles. The summed E-state index contributed by atoms with van der Waals surface area (Å²) in [4.78, 5) is 11.1. The third-order valence-corrected chi connectivity index (χ3v) is 4.65. The fraction of sp³-hybridized carbons (Fsp3) is 0.960. The zero-order valence-corrected chi connectivity index (χ0v) is 22.3. The highest BCUT2D eigenvalue weighted by molar-refractivity contribution is 5.69. The summed E-state index contributed by atoms with van der Waals surface area (Å²) in [6.45, 7) is 15.1. The molecule has 0 spiro atoms. The van der Waals surface area contributed by atoms with Gasteiger partial charge in [-0.2, -0.15) is 0 Å². The van der Waals surface area contributed by atoms with Crippen molar-refractivity contribution in [3.8, 4) is 0 Å². The van der Waals surface area contributed by atoms with Crippen LogP contribution in [0.5, 0.6) is 0 Å². The lowest BCUT2D eigenvalue weighted by Crippen LogP contribution is -2.15. The van der Waals surface area contributed by atoms with Crippen molar-refractivity contribution in [3.05, 3.63) is 0 Å². The predicted molar refractivity (Wildman–Crippen MR) is 132 cm³/mol. The molecule has 10 heteroatoms. The Balaban J connectivity index is 3.06. The van der Waals surface area contributed by atoms with Crippen molar-refractivity contribution in [2.45, 2.75) is 40.0 Å². The molecule has 0 aromatic rings. The third-order valence-electron chi connectivity index (χ3n) is 4.65. The molecule has 0 N–H and O–H groups in total. The summed E-state index contributed by atoms with van der Waals surface area (Å²) in [5.74, 6) is 0.416. The first-order valence-corrected chi connectivity index (χ1v) is 13.0. The van der Waals surface area contributed by atoms with Crippen LogP contribution in [0.15, 0.2) is 0 Å². The second kappa shape index (κ2) is 29.4. The molecule has 0 radical (unpaired) electrons. The van der Waals surface area contributed by atoms with Crippen LogP contribution < -0.4 is 0 Å². The van der Waals surface area contributed by atoms with E-state index in [4.69, 9.17) is 42.6 Å². The minimum Gasteiger partial charge on any atom is -0.463 e. The number of rotatable bonds is 29. The maximum atomic E-state index is 11.1. The average Bonchev–Trinajstić information content (AvgIpc) is 2.86. The molecule has 35 heavy (non-hydrogen) atoms. The van der Waals surface area contributed by atoms with E-state index in [2.05, 4.69) is 13.8 Å². The Morgan fingerprint density at radius 1 is 0.514 bits per heavy atom. The van der Waals surface area contributed by atoms with Crippen LogP contribution >= 0.6 is 0 Å². The fourth-order valence-corrected chi connectivity index (χ4v) is 2.43. The van der Waals surface area contributed by atoms with Gasteiger partial charge in [-0.3, -0.25) is 4.79 Å². The first kappa shape index (κ1) is 34.1. The molecule has 1 unspecified atom stereocenters. The van der Waals surface area contributed by atoms with Crippen molar-refractivity contribution in [2.24, 2.45) is 5.92 Å². The molecule has 0 fully saturated rings. The Labute approximate surface area is 212 Å². The molecule has 0 aliphatic rings. The molecule has 210 valence electrons. The molecule has 0 bridgehead atoms. The molecule has 0 amide bonds. The summed E-state index contributed by atoms with van der Waals surface area (Å²) in [5, 5.41) is 0. The second-order valence-corrected chi connectivity index (χ2v) is 7.85. The molecule has 0 aliphatic carbocycles. The summed E-state index contributed by atoms with van der Waals surface area (Å²) in [6, 6.07) is 0. The van der Waals surface area contributed by atoms with Gasteiger partial charge in [0, 0.05) is 13.0 Å². The van der Waals surface area contributed by atoms with E-state index < -0.39 is 0 Å². The van der Waals surface area contributed by atoms with E-state index in [0.29, 0.717) is 111 Å². The van der Waals surface area contributed by atoms with Crippen molar-refractivity contribution in [1.82, 2.24) is 0 Å². The molecule has 0 aromatic heterocycles. The summed E-state index contributed by atoms with van der Waals surface area (Å²) >= 11 is 0. The van der Waals surface area contributed by atoms with Gasteiger partial charge in [0.05, 0.1) is 99.1 Å². The smallest absolute Gasteiger partial charge is 0.305 e. The van der Waals surface area contributed by atoms with Crippen LogP contribution in [-0.2, 0) is 47.4 Å². The predicted octanol–water partition coefficient (Wildman–Crippen LogP) is 2.51. The molecule has 0 rings (SSSR count). The van der Waals surface area contributed by atoms with Gasteiger partial charge in [0.2, 0.25) is 0 Å². The van der Waals surface area contributed by atoms with Gasteiger partial charge >= 0.3 is 5.97 Å². The van der Waals surface area contributed by atoms with E-state index in [1.807, 2.05) is 6.92 Å². The van der Waals surface area contributed by atoms with Crippen LogP contribution in [0.3, 0.4) is 0 Å². The molecule has 1 atom stereocenters. The lowest BCUT2D eigenvalue weighted by Gasteiger charge is -2.10. The summed E-state index contributed by atoms with van der Waals surface area (Å²) < 4.78 is 48.4. The van der Waals surface area contributed by atoms with Crippen LogP contribution in [0.1, 0.15) is 40.0 Å². The lowest BCUT2D eigenvalue weighted by atomic mass is 10.1. The Bertz CT molecular complexity index is 425. The van der Waals surface area contributed by atoms with Gasteiger partial charge in [-0.25, -0.2) is 0 Å². The Hall–Kier alpha value is -0.850. The zero-order chi connectivity index (χ0) is 25.7. The van der Waals surface area contributed by atoms with Crippen molar-refractivity contribution < 1.29 is 47.4 Å². The minimum absolute atomic E-state index is 0.183. The van der Waals surface area contributed by atoms with E-state index in [1.165, 1.54) is 0 Å². The van der Waals surface area contributed by atoms with Crippen LogP contribution in [0.4, 0.5) is 0 Å². The Kier molecular flexibility index (Phi) is 28.7. The van der Waals surface area contributed by atoms with Crippen LogP contribution in [-0.4, -0.2) is 118 Å². The summed E-state index contributed by atoms with van der Waals surface area (Å²) in [6.07, 6.45) is 2.37. The van der Waals surface area contributed by atoms with Gasteiger partial charge in [0.15, 0.2) is 0 Å². The zero-order valence-electron chi connectivity index (χ0n) is 22.3. The van der Waals surface area contributed by atoms with Crippen LogP contribution in [0, 0.1) is 5.92 Å². The molecule has 0 saturated heterocycles. The van der Waals surface area contributed by atoms with E-state index in [9.17, 15) is 4.79 Å². The summed E-state index contributed by atoms with van der Waals surface area (Å²) in [7, 11) is 0. The number of hydrogen-bond donors (Lipinski definition) is 0. The number of carbonyl (C=O) groups is 1. The van der Waals surface area contributed by atoms with Crippen molar-refractivity contribution in [1.29, 1.82) is 0 Å². The normalized spacial score (nSPS) is 12.2. The van der Waals surface area contributed by atoms with Gasteiger partial charge in [0.25, 0.3) is 0 Å². The fourth-order valence-electron chi connectivity index (χ4n) is 2.43. The highest BCUT2D eigenvalue weighted by Crippen LogP contribution is 2.00. The van der Waals surface area contributed by atoms with E-state index >= 15 is 0 Å². The second-order valence-electron chi connectivity index (χ2n) is 7.85. The minimum atomic E-state index is -0.183. The quantitative estimate of drug-likeness (QED) is 0.110. The first-order chi connectivity index (χ1) is 17.2. The first-order valence-electron chi connectivity index (χ1n) is 13.0. The molecular formula is C25H50O10. The highest BCUT2D eigenvalue weighted by Gasteiger charge is 2.00. The molecule has 0 heterocycles. The lowest BCUT2D eigenvalue weighted by molar-refractivity contribution is -0.145. The standard InChI is InChI=1S/C25H50O10/c1-4-6-25(26)35-22-21-33-18-17-31-14-13-29-10-9-27-7-8-28-11-12-30-15-16-32-19-20-34-23-24(3)5-2/h24H,4-23H2,1-3H3. The molecule has 10 nitrogen and oxygen atoms in total. The van der Waals surface area contributed by atoms with E-state index in [-0.39, 0.29) is 12.6 Å². The number of esters is 1. The van der Waals surface area contributed by atoms with Crippen LogP contribution in [0.2, 0.25) is 0 Å². The summed E-state index contributed by atoms with van der Waals surface area (Å²) in [5.41, 5.74) is 0. The van der Waals surface area contributed by atoms with Gasteiger partial charge in [0.1, 0.15) is 6.61 Å². The third kappa shape index (κ3) is 29.3. The maximum absolute atomic E-state index is 11.1. The van der Waals surface area contributed by atoms with Crippen LogP contribution in [0.25, 0.3) is 0 Å². The Morgan fingerprint density at radius 3 is 1.14 bits per heavy atom. The van der Waals surface area contributed by atoms with E-state index in [0.717, 1.165) is 19.4 Å². The monoisotopic (exact) mass is 510 g/mol. The van der Waals surface area contributed by atoms with Crippen molar-refractivity contribution in [3.63, 3.8) is 0 Å². The van der Waals surface area contributed by atoms with Crippen molar-refractivity contribution >= 4 is 5.97 Å². The number of carbonyl (C=O) groups excluding carboxylic acids is 1. The van der Waals surface area contributed by atoms with Gasteiger partial charge in [-0.05, 0) is 12.3 Å². The maximum Gasteiger partial charge on any atom is 0.305 e. The average molecular weight is 511 g/mol. The number of hydrogen-bond acceptors (Lipinski definition) is 10. The Morgan fingerprint density at radius 2 is 0.829 bits per heavy atom. The molecular weight excluding hydrogens is 460 g/mol. The largest absolute Gasteiger partial charge is 0.463 e. The SMILES string of the molecule is CCCC(=O)OCCOCCOCCOCCOCCOCCOCCOCCOCC(C)CC. The van der Waals surface area contributed by atoms with Gasteiger partial charge in [-0.15, -0.1) is 0 Å². The van der Waals surface area contributed by atoms with Gasteiger partial charge in [-0.1, -0.05) is 27.2 Å². The molecule has 0 saturated carbocycles. The number of ether oxygens (including phenoxy) is 9. The van der Waals surface area contributed by atoms with E-state index in [1.54, 1.807) is 0 Å². The van der Waals surface area contributed by atoms with Crippen molar-refractivity contribution in [2.75, 3.05) is 112 Å². The highest BCUT2D eigenvalue weighted by atomic mass is 16.6.